The molecule has 1 saturated heterocycles. The van der Waals surface area contributed by atoms with E-state index in [1.54, 1.807) is 11.9 Å². The third-order valence-corrected chi connectivity index (χ3v) is 4.30. The summed E-state index contributed by atoms with van der Waals surface area (Å²) in [5, 5.41) is 10.6. The Morgan fingerprint density at radius 1 is 1.26 bits per heavy atom. The first kappa shape index (κ1) is 15.5. The summed E-state index contributed by atoms with van der Waals surface area (Å²) in [6, 6.07) is 7.56. The summed E-state index contributed by atoms with van der Waals surface area (Å²) in [6.45, 7) is 2.38. The van der Waals surface area contributed by atoms with Crippen LogP contribution in [0.2, 0.25) is 0 Å². The van der Waals surface area contributed by atoms with Gasteiger partial charge in [-0.3, -0.25) is 14.7 Å². The number of fused-ring (bicyclic) bond motifs is 1. The molecule has 1 aliphatic heterocycles. The number of carbonyl (C=O) groups is 2. The van der Waals surface area contributed by atoms with Gasteiger partial charge in [-0.25, -0.2) is 0 Å². The molecule has 1 aliphatic rings. The summed E-state index contributed by atoms with van der Waals surface area (Å²) in [7, 11) is 3.59. The number of H-pyrrole nitrogens is 1. The Morgan fingerprint density at radius 2 is 2.04 bits per heavy atom. The first-order chi connectivity index (χ1) is 11.1. The minimum absolute atomic E-state index is 0.0385. The average molecular weight is 315 g/mol. The van der Waals surface area contributed by atoms with Crippen LogP contribution in [0, 0.1) is 5.92 Å². The summed E-state index contributed by atoms with van der Waals surface area (Å²) in [5.41, 5.74) is 1.26. The molecule has 1 aromatic heterocycles. The molecule has 2 aromatic rings. The van der Waals surface area contributed by atoms with Crippen molar-refractivity contribution in [2.75, 3.05) is 40.3 Å². The van der Waals surface area contributed by atoms with Gasteiger partial charge in [0.1, 0.15) is 0 Å². The molecule has 1 atom stereocenters. The van der Waals surface area contributed by atoms with E-state index < -0.39 is 0 Å². The van der Waals surface area contributed by atoms with Crippen LogP contribution < -0.4 is 5.32 Å². The fourth-order valence-corrected chi connectivity index (χ4v) is 3.00. The molecule has 0 aliphatic carbocycles. The summed E-state index contributed by atoms with van der Waals surface area (Å²) < 4.78 is 0. The first-order valence-corrected chi connectivity index (χ1v) is 7.72. The average Bonchev–Trinajstić information content (AvgIpc) is 2.90. The number of rotatable bonds is 2. The molecule has 0 spiro atoms. The number of nitrogens with zero attached hydrogens (tertiary/aromatic N) is 3. The first-order valence-electron chi connectivity index (χ1n) is 7.72. The molecule has 2 heterocycles. The lowest BCUT2D eigenvalue weighted by Crippen LogP contribution is -2.41. The molecule has 7 nitrogen and oxygen atoms in total. The van der Waals surface area contributed by atoms with E-state index in [0.717, 1.165) is 17.4 Å². The fourth-order valence-electron chi connectivity index (χ4n) is 3.00. The Kier molecular flexibility index (Phi) is 4.29. The predicted octanol–water partition coefficient (Wildman–Crippen LogP) is 0.313. The minimum atomic E-state index is -0.235. The van der Waals surface area contributed by atoms with Crippen molar-refractivity contribution in [1.82, 2.24) is 25.3 Å². The number of aromatic amines is 1. The van der Waals surface area contributed by atoms with Crippen molar-refractivity contribution in [3.05, 3.63) is 30.0 Å². The molecule has 122 valence electrons. The van der Waals surface area contributed by atoms with Gasteiger partial charge in [-0.1, -0.05) is 18.2 Å². The lowest BCUT2D eigenvalue weighted by Gasteiger charge is -2.22. The monoisotopic (exact) mass is 315 g/mol. The maximum atomic E-state index is 12.9. The number of nitrogens with one attached hydrogen (secondary N) is 2. The Hall–Kier alpha value is -2.41. The van der Waals surface area contributed by atoms with E-state index >= 15 is 0 Å². The van der Waals surface area contributed by atoms with Crippen molar-refractivity contribution in [3.63, 3.8) is 0 Å². The smallest absolute Gasteiger partial charge is 0.275 e. The van der Waals surface area contributed by atoms with E-state index in [2.05, 4.69) is 20.4 Å². The highest BCUT2D eigenvalue weighted by atomic mass is 16.2. The third kappa shape index (κ3) is 3.05. The largest absolute Gasteiger partial charge is 0.359 e. The summed E-state index contributed by atoms with van der Waals surface area (Å²) in [4.78, 5) is 28.7. The maximum absolute atomic E-state index is 12.9. The molecular formula is C16H21N5O2. The van der Waals surface area contributed by atoms with Crippen molar-refractivity contribution >= 4 is 22.7 Å². The van der Waals surface area contributed by atoms with Crippen LogP contribution in [-0.4, -0.2) is 72.1 Å². The normalized spacial score (nSPS) is 19.6. The highest BCUT2D eigenvalue weighted by molar-refractivity contribution is 6.04. The van der Waals surface area contributed by atoms with Crippen LogP contribution in [0.25, 0.3) is 10.9 Å². The van der Waals surface area contributed by atoms with Gasteiger partial charge >= 0.3 is 0 Å². The highest BCUT2D eigenvalue weighted by Crippen LogP contribution is 2.18. The summed E-state index contributed by atoms with van der Waals surface area (Å²) in [5.74, 6) is -0.406. The van der Waals surface area contributed by atoms with E-state index in [1.807, 2.05) is 31.3 Å². The van der Waals surface area contributed by atoms with Crippen LogP contribution in [0.4, 0.5) is 0 Å². The van der Waals surface area contributed by atoms with Crippen molar-refractivity contribution in [1.29, 1.82) is 0 Å². The number of hydrogen-bond donors (Lipinski definition) is 2. The van der Waals surface area contributed by atoms with Gasteiger partial charge in [0.05, 0.1) is 11.4 Å². The molecule has 0 bridgehead atoms. The lowest BCUT2D eigenvalue weighted by atomic mass is 10.1. The fraction of sp³-hybridized carbons (Fsp3) is 0.438. The van der Waals surface area contributed by atoms with E-state index in [-0.39, 0.29) is 17.7 Å². The zero-order valence-corrected chi connectivity index (χ0v) is 13.4. The summed E-state index contributed by atoms with van der Waals surface area (Å²) >= 11 is 0. The van der Waals surface area contributed by atoms with Crippen LogP contribution in [0.15, 0.2) is 24.3 Å². The van der Waals surface area contributed by atoms with Gasteiger partial charge in [0.2, 0.25) is 5.91 Å². The molecule has 1 fully saturated rings. The van der Waals surface area contributed by atoms with Crippen molar-refractivity contribution in [2.24, 2.45) is 5.92 Å². The zero-order valence-electron chi connectivity index (χ0n) is 13.4. The molecular weight excluding hydrogens is 294 g/mol. The number of aromatic nitrogens is 2. The van der Waals surface area contributed by atoms with E-state index in [9.17, 15) is 9.59 Å². The Labute approximate surface area is 134 Å². The summed E-state index contributed by atoms with van der Waals surface area (Å²) in [6.07, 6.45) is 0. The highest BCUT2D eigenvalue weighted by Gasteiger charge is 2.30. The van der Waals surface area contributed by atoms with Crippen LogP contribution in [0.3, 0.4) is 0 Å². The van der Waals surface area contributed by atoms with E-state index in [4.69, 9.17) is 0 Å². The van der Waals surface area contributed by atoms with Crippen LogP contribution in [0.1, 0.15) is 10.5 Å². The van der Waals surface area contributed by atoms with Crippen molar-refractivity contribution in [2.45, 2.75) is 0 Å². The SMILES string of the molecule is CNC(=O)[C@@H]1CN(C)CCN(C(=O)c2n[nH]c3ccccc23)C1. The van der Waals surface area contributed by atoms with E-state index in [1.165, 1.54) is 0 Å². The van der Waals surface area contributed by atoms with E-state index in [0.29, 0.717) is 25.3 Å². The predicted molar refractivity (Wildman–Crippen MR) is 87.1 cm³/mol. The number of para-hydroxylation sites is 1. The van der Waals surface area contributed by atoms with Gasteiger partial charge in [-0.15, -0.1) is 0 Å². The van der Waals surface area contributed by atoms with Crippen molar-refractivity contribution in [3.8, 4) is 0 Å². The van der Waals surface area contributed by atoms with Gasteiger partial charge < -0.3 is 15.1 Å². The molecule has 0 radical (unpaired) electrons. The third-order valence-electron chi connectivity index (χ3n) is 4.30. The second-order valence-corrected chi connectivity index (χ2v) is 5.94. The number of amides is 2. The maximum Gasteiger partial charge on any atom is 0.275 e. The molecule has 0 unspecified atom stereocenters. The van der Waals surface area contributed by atoms with Gasteiger partial charge in [0.25, 0.3) is 5.91 Å². The molecule has 23 heavy (non-hydrogen) atoms. The quantitative estimate of drug-likeness (QED) is 0.836. The molecule has 1 aromatic carbocycles. The zero-order chi connectivity index (χ0) is 16.4. The van der Waals surface area contributed by atoms with Gasteiger partial charge in [-0.05, 0) is 13.1 Å². The minimum Gasteiger partial charge on any atom is -0.359 e. The number of hydrogen-bond acceptors (Lipinski definition) is 4. The van der Waals surface area contributed by atoms with Crippen LogP contribution in [-0.2, 0) is 4.79 Å². The molecule has 3 rings (SSSR count). The van der Waals surface area contributed by atoms with Crippen LogP contribution in [0.5, 0.6) is 0 Å². The molecule has 2 N–H and O–H groups in total. The van der Waals surface area contributed by atoms with Crippen LogP contribution >= 0.6 is 0 Å². The number of likely N-dealkylation sites (N-methyl/N-ethyl adjacent to an activating group) is 1. The number of carbonyl (C=O) groups excluding carboxylic acids is 2. The van der Waals surface area contributed by atoms with Gasteiger partial charge in [-0.2, -0.15) is 5.10 Å². The second-order valence-electron chi connectivity index (χ2n) is 5.94. The molecule has 0 saturated carbocycles. The standard InChI is InChI=1S/C16H21N5O2/c1-17-15(22)11-9-20(2)7-8-21(10-11)16(23)14-12-5-3-4-6-13(12)18-19-14/h3-6,11H,7-10H2,1-2H3,(H,17,22)(H,18,19)/t11-/m1/s1. The Bertz CT molecular complexity index is 726. The molecule has 2 amide bonds. The van der Waals surface area contributed by atoms with Gasteiger partial charge in [0.15, 0.2) is 5.69 Å². The van der Waals surface area contributed by atoms with Crippen molar-refractivity contribution < 1.29 is 9.59 Å². The number of benzene rings is 1. The second kappa shape index (κ2) is 6.37. The molecule has 7 heteroatoms. The van der Waals surface area contributed by atoms with Gasteiger partial charge in [0, 0.05) is 38.6 Å². The Balaban J connectivity index is 1.87. The topological polar surface area (TPSA) is 81.3 Å². The lowest BCUT2D eigenvalue weighted by molar-refractivity contribution is -0.125. The Morgan fingerprint density at radius 3 is 2.83 bits per heavy atom.